The molecule has 0 radical (unpaired) electrons. The van der Waals surface area contributed by atoms with Crippen LogP contribution in [0, 0.1) is 0 Å². The molecule has 37 heavy (non-hydrogen) atoms. The summed E-state index contributed by atoms with van der Waals surface area (Å²) in [5.74, 6) is 0.0177. The van der Waals surface area contributed by atoms with Crippen LogP contribution in [-0.2, 0) is 30.6 Å². The predicted molar refractivity (Wildman–Crippen MR) is 142 cm³/mol. The van der Waals surface area contributed by atoms with Gasteiger partial charge in [0.15, 0.2) is 16.4 Å². The van der Waals surface area contributed by atoms with Crippen LogP contribution >= 0.6 is 0 Å². The van der Waals surface area contributed by atoms with Gasteiger partial charge in [0.1, 0.15) is 11.4 Å². The van der Waals surface area contributed by atoms with E-state index in [0.29, 0.717) is 12.3 Å². The van der Waals surface area contributed by atoms with Crippen molar-refractivity contribution in [1.82, 2.24) is 9.80 Å². The molecule has 0 saturated carbocycles. The number of likely N-dealkylation sites (N-methyl/N-ethyl adjacent to an activating group) is 1. The normalized spacial score (nSPS) is 15.3. The van der Waals surface area contributed by atoms with Gasteiger partial charge in [0, 0.05) is 19.8 Å². The van der Waals surface area contributed by atoms with Crippen molar-refractivity contribution in [2.24, 2.45) is 0 Å². The van der Waals surface area contributed by atoms with E-state index in [2.05, 4.69) is 4.90 Å². The van der Waals surface area contributed by atoms with Crippen LogP contribution in [0.25, 0.3) is 0 Å². The summed E-state index contributed by atoms with van der Waals surface area (Å²) in [5.41, 5.74) is 1.08. The third-order valence-corrected chi connectivity index (χ3v) is 7.35. The molecule has 1 heterocycles. The fourth-order valence-corrected chi connectivity index (χ4v) is 4.94. The molecule has 0 aliphatic carbocycles. The smallest absolute Gasteiger partial charge is 0.344 e. The van der Waals surface area contributed by atoms with E-state index in [1.165, 1.54) is 12.1 Å². The fraction of sp³-hybridized carbons (Fsp3) is 0.500. The van der Waals surface area contributed by atoms with Gasteiger partial charge in [-0.2, -0.15) is 0 Å². The molecule has 1 unspecified atom stereocenters. The average Bonchev–Trinajstić information content (AvgIpc) is 3.33. The number of amides is 1. The van der Waals surface area contributed by atoms with E-state index >= 15 is 0 Å². The number of carbonyl (C=O) groups is 2. The lowest BCUT2D eigenvalue weighted by Gasteiger charge is -2.32. The van der Waals surface area contributed by atoms with Gasteiger partial charge in [-0.1, -0.05) is 24.3 Å². The number of benzene rings is 2. The molecule has 1 aliphatic rings. The van der Waals surface area contributed by atoms with Gasteiger partial charge in [-0.25, -0.2) is 13.2 Å². The number of hydrogen-bond donors (Lipinski definition) is 0. The van der Waals surface area contributed by atoms with Crippen LogP contribution in [0.5, 0.6) is 5.75 Å². The third-order valence-electron chi connectivity index (χ3n) is 6.22. The lowest BCUT2D eigenvalue weighted by atomic mass is 10.0. The van der Waals surface area contributed by atoms with Gasteiger partial charge in [0.2, 0.25) is 5.91 Å². The van der Waals surface area contributed by atoms with E-state index in [9.17, 15) is 18.0 Å². The van der Waals surface area contributed by atoms with Gasteiger partial charge in [0.05, 0.1) is 17.4 Å². The summed E-state index contributed by atoms with van der Waals surface area (Å²) in [7, 11) is -1.50. The molecule has 1 atom stereocenters. The first kappa shape index (κ1) is 28.7. The Morgan fingerprint density at radius 2 is 1.70 bits per heavy atom. The van der Waals surface area contributed by atoms with Crippen LogP contribution in [0.3, 0.4) is 0 Å². The molecule has 9 heteroatoms. The van der Waals surface area contributed by atoms with Gasteiger partial charge >= 0.3 is 5.97 Å². The quantitative estimate of drug-likeness (QED) is 0.433. The second kappa shape index (κ2) is 12.1. The monoisotopic (exact) mass is 530 g/mol. The lowest BCUT2D eigenvalue weighted by Crippen LogP contribution is -2.39. The molecular formula is C28H38N2O6S. The standard InChI is InChI=1S/C28H38N2O6S/c1-28(2,3)36-27(32)20-35-23-10-8-9-22(18-23)25(19-30-15-6-7-16-30)29(4)26(31)17-21-11-13-24(14-12-21)37(5,33)34/h8-14,18,25H,6-7,15-17,19-20H2,1-5H3. The largest absolute Gasteiger partial charge is 0.482 e. The van der Waals surface area contributed by atoms with Gasteiger partial charge in [-0.15, -0.1) is 0 Å². The Morgan fingerprint density at radius 1 is 1.05 bits per heavy atom. The molecule has 2 aromatic carbocycles. The zero-order valence-corrected chi connectivity index (χ0v) is 23.2. The van der Waals surface area contributed by atoms with E-state index in [1.807, 2.05) is 18.2 Å². The first-order valence-electron chi connectivity index (χ1n) is 12.5. The Kier molecular flexibility index (Phi) is 9.36. The number of sulfone groups is 1. The average molecular weight is 531 g/mol. The summed E-state index contributed by atoms with van der Waals surface area (Å²) in [6, 6.07) is 13.7. The van der Waals surface area contributed by atoms with Crippen molar-refractivity contribution in [3.05, 3.63) is 59.7 Å². The first-order chi connectivity index (χ1) is 17.3. The number of nitrogens with zero attached hydrogens (tertiary/aromatic N) is 2. The maximum Gasteiger partial charge on any atom is 0.344 e. The molecule has 0 N–H and O–H groups in total. The lowest BCUT2D eigenvalue weighted by molar-refractivity contribution is -0.157. The summed E-state index contributed by atoms with van der Waals surface area (Å²) in [4.78, 5) is 29.7. The summed E-state index contributed by atoms with van der Waals surface area (Å²) in [5, 5.41) is 0. The van der Waals surface area contributed by atoms with Crippen molar-refractivity contribution in [2.45, 2.75) is 56.6 Å². The van der Waals surface area contributed by atoms with Crippen molar-refractivity contribution in [3.8, 4) is 5.75 Å². The molecule has 0 spiro atoms. The van der Waals surface area contributed by atoms with Crippen molar-refractivity contribution >= 4 is 21.7 Å². The minimum atomic E-state index is -3.29. The van der Waals surface area contributed by atoms with E-state index in [4.69, 9.17) is 9.47 Å². The van der Waals surface area contributed by atoms with Crippen molar-refractivity contribution in [3.63, 3.8) is 0 Å². The molecule has 0 aromatic heterocycles. The zero-order chi connectivity index (χ0) is 27.2. The van der Waals surface area contributed by atoms with E-state index in [-0.39, 0.29) is 29.9 Å². The highest BCUT2D eigenvalue weighted by atomic mass is 32.2. The molecular weight excluding hydrogens is 492 g/mol. The van der Waals surface area contributed by atoms with Crippen LogP contribution in [0.1, 0.15) is 50.8 Å². The number of rotatable bonds is 10. The van der Waals surface area contributed by atoms with Gasteiger partial charge in [-0.05, 0) is 82.1 Å². The summed E-state index contributed by atoms with van der Waals surface area (Å²) < 4.78 is 34.5. The van der Waals surface area contributed by atoms with Crippen LogP contribution in [0.2, 0.25) is 0 Å². The molecule has 0 bridgehead atoms. The number of hydrogen-bond acceptors (Lipinski definition) is 7. The van der Waals surface area contributed by atoms with Crippen LogP contribution < -0.4 is 4.74 Å². The highest BCUT2D eigenvalue weighted by molar-refractivity contribution is 7.90. The molecule has 2 aromatic rings. The Labute approximate surface area is 220 Å². The van der Waals surface area contributed by atoms with E-state index in [1.54, 1.807) is 50.9 Å². The van der Waals surface area contributed by atoms with Crippen LogP contribution in [0.4, 0.5) is 0 Å². The topological polar surface area (TPSA) is 93.2 Å². The van der Waals surface area contributed by atoms with Gasteiger partial charge in [0.25, 0.3) is 0 Å². The Balaban J connectivity index is 1.75. The fourth-order valence-electron chi connectivity index (χ4n) is 4.31. The molecule has 1 aliphatic heterocycles. The van der Waals surface area contributed by atoms with Gasteiger partial charge in [-0.3, -0.25) is 4.79 Å². The molecule has 3 rings (SSSR count). The van der Waals surface area contributed by atoms with Gasteiger partial charge < -0.3 is 19.3 Å². The summed E-state index contributed by atoms with van der Waals surface area (Å²) in [6.07, 6.45) is 3.59. The predicted octanol–water partition coefficient (Wildman–Crippen LogP) is 3.65. The Morgan fingerprint density at radius 3 is 2.30 bits per heavy atom. The third kappa shape index (κ3) is 8.86. The molecule has 1 fully saturated rings. The van der Waals surface area contributed by atoms with Crippen LogP contribution in [0.15, 0.2) is 53.4 Å². The minimum Gasteiger partial charge on any atom is -0.482 e. The summed E-state index contributed by atoms with van der Waals surface area (Å²) >= 11 is 0. The van der Waals surface area contributed by atoms with Crippen LogP contribution in [-0.4, -0.2) is 75.2 Å². The minimum absolute atomic E-state index is 0.0728. The van der Waals surface area contributed by atoms with Crippen molar-refractivity contribution in [2.75, 3.05) is 39.5 Å². The van der Waals surface area contributed by atoms with Crippen molar-refractivity contribution in [1.29, 1.82) is 0 Å². The zero-order valence-electron chi connectivity index (χ0n) is 22.4. The highest BCUT2D eigenvalue weighted by Gasteiger charge is 2.26. The van der Waals surface area contributed by atoms with E-state index < -0.39 is 21.4 Å². The molecule has 202 valence electrons. The Hall–Kier alpha value is -2.91. The SMILES string of the molecule is CN(C(=O)Cc1ccc(S(C)(=O)=O)cc1)C(CN1CCCC1)c1cccc(OCC(=O)OC(C)(C)C)c1. The number of esters is 1. The summed E-state index contributed by atoms with van der Waals surface area (Å²) in [6.45, 7) is 7.88. The second-order valence-electron chi connectivity index (χ2n) is 10.6. The molecule has 8 nitrogen and oxygen atoms in total. The van der Waals surface area contributed by atoms with E-state index in [0.717, 1.165) is 43.3 Å². The molecule has 1 amide bonds. The number of carbonyl (C=O) groups excluding carboxylic acids is 2. The highest BCUT2D eigenvalue weighted by Crippen LogP contribution is 2.27. The Bertz CT molecular complexity index is 1180. The molecule has 1 saturated heterocycles. The number of likely N-dealkylation sites (tertiary alicyclic amines) is 1. The number of ether oxygens (including phenoxy) is 2. The first-order valence-corrected chi connectivity index (χ1v) is 14.4. The second-order valence-corrected chi connectivity index (χ2v) is 12.6. The maximum atomic E-state index is 13.3. The maximum absolute atomic E-state index is 13.3. The van der Waals surface area contributed by atoms with Crippen molar-refractivity contribution < 1.29 is 27.5 Å².